The summed E-state index contributed by atoms with van der Waals surface area (Å²) in [7, 11) is 0. The lowest BCUT2D eigenvalue weighted by atomic mass is 10.0. The molecule has 1 amide bonds. The molecule has 0 unspecified atom stereocenters. The molecule has 1 saturated heterocycles. The van der Waals surface area contributed by atoms with Crippen LogP contribution in [0.2, 0.25) is 0 Å². The molecule has 5 nitrogen and oxygen atoms in total. The first-order valence-electron chi connectivity index (χ1n) is 12.0. The highest BCUT2D eigenvalue weighted by molar-refractivity contribution is 7.99. The Morgan fingerprint density at radius 3 is 2.36 bits per heavy atom. The van der Waals surface area contributed by atoms with Crippen LogP contribution in [0.5, 0.6) is 0 Å². The van der Waals surface area contributed by atoms with E-state index in [2.05, 4.69) is 26.0 Å². The largest absolute Gasteiger partial charge is 0.472 e. The lowest BCUT2D eigenvalue weighted by Crippen LogP contribution is -2.38. The number of esters is 1. The van der Waals surface area contributed by atoms with Gasteiger partial charge >= 0.3 is 5.97 Å². The Balaban J connectivity index is 1.77. The minimum absolute atomic E-state index is 0.0249. The molecule has 0 aromatic carbocycles. The molecule has 1 aliphatic rings. The number of allylic oxidation sites excluding steroid dienone is 5. The van der Waals surface area contributed by atoms with Gasteiger partial charge in [0.05, 0.1) is 25.6 Å². The molecule has 0 atom stereocenters. The highest BCUT2D eigenvalue weighted by atomic mass is 32.2. The van der Waals surface area contributed by atoms with E-state index in [-0.39, 0.29) is 18.3 Å². The third kappa shape index (κ3) is 11.0. The summed E-state index contributed by atoms with van der Waals surface area (Å²) in [6.45, 7) is 7.95. The zero-order chi connectivity index (χ0) is 23.9. The summed E-state index contributed by atoms with van der Waals surface area (Å²) in [6.07, 6.45) is 15.9. The number of rotatable bonds is 13. The normalized spacial score (nSPS) is 15.6. The van der Waals surface area contributed by atoms with Crippen LogP contribution < -0.4 is 0 Å². The van der Waals surface area contributed by atoms with Crippen molar-refractivity contribution in [2.45, 2.75) is 65.7 Å². The van der Waals surface area contributed by atoms with Gasteiger partial charge in [-0.1, -0.05) is 29.4 Å². The molecule has 0 N–H and O–H groups in total. The van der Waals surface area contributed by atoms with Crippen molar-refractivity contribution in [2.24, 2.45) is 0 Å². The van der Waals surface area contributed by atoms with E-state index >= 15 is 0 Å². The zero-order valence-electron chi connectivity index (χ0n) is 20.4. The Morgan fingerprint density at radius 2 is 1.73 bits per heavy atom. The van der Waals surface area contributed by atoms with E-state index in [0.29, 0.717) is 12.2 Å². The molecule has 0 spiro atoms. The first-order valence-corrected chi connectivity index (χ1v) is 13.2. The monoisotopic (exact) mass is 473 g/mol. The summed E-state index contributed by atoms with van der Waals surface area (Å²) in [5.74, 6) is 1.59. The fourth-order valence-electron chi connectivity index (χ4n) is 3.68. The van der Waals surface area contributed by atoms with Crippen molar-refractivity contribution in [1.29, 1.82) is 0 Å². The van der Waals surface area contributed by atoms with Gasteiger partial charge in [-0.2, -0.15) is 11.8 Å². The summed E-state index contributed by atoms with van der Waals surface area (Å²) >= 11 is 1.86. The van der Waals surface area contributed by atoms with E-state index in [1.54, 1.807) is 19.5 Å². The smallest absolute Gasteiger partial charge is 0.334 e. The van der Waals surface area contributed by atoms with Crippen LogP contribution >= 0.6 is 11.8 Å². The van der Waals surface area contributed by atoms with Gasteiger partial charge in [-0.3, -0.25) is 4.79 Å². The number of ether oxygens (including phenoxy) is 1. The lowest BCUT2D eigenvalue weighted by molar-refractivity contribution is -0.140. The Hall–Kier alpha value is -2.21. The fourth-order valence-corrected chi connectivity index (χ4v) is 4.59. The van der Waals surface area contributed by atoms with Crippen LogP contribution in [0.3, 0.4) is 0 Å². The van der Waals surface area contributed by atoms with Crippen molar-refractivity contribution in [2.75, 3.05) is 31.2 Å². The third-order valence-corrected chi connectivity index (χ3v) is 6.65. The predicted octanol–water partition coefficient (Wildman–Crippen LogP) is 6.12. The van der Waals surface area contributed by atoms with Crippen molar-refractivity contribution in [3.63, 3.8) is 0 Å². The van der Waals surface area contributed by atoms with E-state index in [1.165, 1.54) is 16.7 Å². The molecule has 2 rings (SSSR count). The molecule has 0 radical (unpaired) electrons. The number of carbonyl (C=O) groups is 2. The molecule has 2 heterocycles. The Kier molecular flexibility index (Phi) is 12.8. The van der Waals surface area contributed by atoms with E-state index in [0.717, 1.165) is 63.1 Å². The molecule has 6 heteroatoms. The summed E-state index contributed by atoms with van der Waals surface area (Å²) in [4.78, 5) is 26.8. The molecule has 1 fully saturated rings. The van der Waals surface area contributed by atoms with Crippen molar-refractivity contribution in [3.05, 3.63) is 59.1 Å². The number of thioether (sulfide) groups is 1. The molecular formula is C27H39NO4S. The Bertz CT molecular complexity index is 817. The summed E-state index contributed by atoms with van der Waals surface area (Å²) in [5, 5.41) is 0. The minimum atomic E-state index is -0.366. The molecule has 182 valence electrons. The Labute approximate surface area is 203 Å². The quantitative estimate of drug-likeness (QED) is 0.196. The van der Waals surface area contributed by atoms with Gasteiger partial charge in [0.25, 0.3) is 0 Å². The molecule has 33 heavy (non-hydrogen) atoms. The van der Waals surface area contributed by atoms with Crippen LogP contribution in [-0.4, -0.2) is 48.0 Å². The minimum Gasteiger partial charge on any atom is -0.472 e. The van der Waals surface area contributed by atoms with Gasteiger partial charge in [-0.25, -0.2) is 4.79 Å². The standard InChI is InChI=1S/C27H39NO4S/c1-4-32-27(30)25(20-26(29)28-15-18-33-19-16-28)13-7-11-23(3)9-5-8-22(2)10-6-12-24-14-17-31-21-24/h9-10,13-14,17,21H,4-8,11-12,15-16,18-20H2,1-3H3/b22-10+,23-9+,25-13+. The average molecular weight is 474 g/mol. The highest BCUT2D eigenvalue weighted by Crippen LogP contribution is 2.17. The van der Waals surface area contributed by atoms with Crippen LogP contribution in [0, 0.1) is 0 Å². The third-order valence-electron chi connectivity index (χ3n) is 5.71. The average Bonchev–Trinajstić information content (AvgIpc) is 3.32. The van der Waals surface area contributed by atoms with Gasteiger partial charge in [0.2, 0.25) is 5.91 Å². The number of amides is 1. The second-order valence-electron chi connectivity index (χ2n) is 8.47. The van der Waals surface area contributed by atoms with Gasteiger partial charge in [0.15, 0.2) is 0 Å². The first kappa shape index (κ1) is 27.0. The van der Waals surface area contributed by atoms with Crippen LogP contribution in [-0.2, 0) is 20.7 Å². The van der Waals surface area contributed by atoms with Gasteiger partial charge in [-0.15, -0.1) is 0 Å². The predicted molar refractivity (Wildman–Crippen MR) is 136 cm³/mol. The van der Waals surface area contributed by atoms with E-state index in [9.17, 15) is 9.59 Å². The maximum atomic E-state index is 12.6. The van der Waals surface area contributed by atoms with Crippen LogP contribution in [0.15, 0.2) is 58.0 Å². The number of hydrogen-bond acceptors (Lipinski definition) is 5. The SMILES string of the molecule is CCOC(=O)/C(=C/CC/C(C)=C/CC/C(C)=C/CCc1ccoc1)CC(=O)N1CCSCC1. The molecule has 1 aromatic rings. The van der Waals surface area contributed by atoms with Crippen LogP contribution in [0.4, 0.5) is 0 Å². The number of nitrogens with zero attached hydrogens (tertiary/aromatic N) is 1. The maximum absolute atomic E-state index is 12.6. The summed E-state index contributed by atoms with van der Waals surface area (Å²) < 4.78 is 10.3. The van der Waals surface area contributed by atoms with Crippen LogP contribution in [0.25, 0.3) is 0 Å². The first-order chi connectivity index (χ1) is 16.0. The van der Waals surface area contributed by atoms with Crippen molar-refractivity contribution >= 4 is 23.6 Å². The molecular weight excluding hydrogens is 434 g/mol. The number of furan rings is 1. The van der Waals surface area contributed by atoms with Gasteiger partial charge in [0.1, 0.15) is 0 Å². The molecule has 1 aromatic heterocycles. The number of hydrogen-bond donors (Lipinski definition) is 0. The molecule has 0 saturated carbocycles. The summed E-state index contributed by atoms with van der Waals surface area (Å²) in [6, 6.07) is 2.01. The lowest BCUT2D eigenvalue weighted by Gasteiger charge is -2.26. The van der Waals surface area contributed by atoms with Gasteiger partial charge < -0.3 is 14.1 Å². The second kappa shape index (κ2) is 15.6. The molecule has 0 aliphatic carbocycles. The van der Waals surface area contributed by atoms with Crippen molar-refractivity contribution in [1.82, 2.24) is 4.90 Å². The fraction of sp³-hybridized carbons (Fsp3) is 0.556. The topological polar surface area (TPSA) is 59.8 Å². The zero-order valence-corrected chi connectivity index (χ0v) is 21.3. The number of carbonyl (C=O) groups excluding carboxylic acids is 2. The maximum Gasteiger partial charge on any atom is 0.334 e. The van der Waals surface area contributed by atoms with Gasteiger partial charge in [0, 0.05) is 30.2 Å². The molecule has 0 bridgehead atoms. The van der Waals surface area contributed by atoms with Gasteiger partial charge in [-0.05, 0) is 70.9 Å². The highest BCUT2D eigenvalue weighted by Gasteiger charge is 2.21. The van der Waals surface area contributed by atoms with E-state index in [4.69, 9.17) is 9.15 Å². The van der Waals surface area contributed by atoms with Crippen LogP contribution in [0.1, 0.15) is 64.9 Å². The van der Waals surface area contributed by atoms with E-state index < -0.39 is 0 Å². The van der Waals surface area contributed by atoms with Crippen molar-refractivity contribution < 1.29 is 18.7 Å². The Morgan fingerprint density at radius 1 is 1.06 bits per heavy atom. The van der Waals surface area contributed by atoms with E-state index in [1.807, 2.05) is 28.8 Å². The summed E-state index contributed by atoms with van der Waals surface area (Å²) in [5.41, 5.74) is 4.44. The number of aryl methyl sites for hydroxylation is 1. The second-order valence-corrected chi connectivity index (χ2v) is 9.69. The van der Waals surface area contributed by atoms with Crippen molar-refractivity contribution in [3.8, 4) is 0 Å². The molecule has 1 aliphatic heterocycles.